The second kappa shape index (κ2) is 12.8. The van der Waals surface area contributed by atoms with Crippen LogP contribution in [0.5, 0.6) is 57.5 Å². The zero-order chi connectivity index (χ0) is 31.5. The van der Waals surface area contributed by atoms with Crippen LogP contribution in [0.1, 0.15) is 34.5 Å². The molecule has 0 amide bonds. The maximum Gasteiger partial charge on any atom is 0.231 e. The van der Waals surface area contributed by atoms with Crippen LogP contribution in [0.25, 0.3) is 0 Å². The monoisotopic (exact) mass is 618 g/mol. The summed E-state index contributed by atoms with van der Waals surface area (Å²) in [5.74, 6) is 5.38. The van der Waals surface area contributed by atoms with Gasteiger partial charge in [0.2, 0.25) is 25.1 Å². The van der Waals surface area contributed by atoms with Crippen LogP contribution in [0.15, 0.2) is 60.7 Å². The number of benzene rings is 4. The van der Waals surface area contributed by atoms with Crippen LogP contribution in [-0.2, 0) is 4.74 Å². The molecular formula is C34H34O11. The third-order valence-electron chi connectivity index (χ3n) is 7.65. The Morgan fingerprint density at radius 2 is 0.778 bits per heavy atom. The molecule has 4 aromatic rings. The van der Waals surface area contributed by atoms with Crippen LogP contribution in [0.3, 0.4) is 0 Å². The summed E-state index contributed by atoms with van der Waals surface area (Å²) in [5, 5.41) is 0. The summed E-state index contributed by atoms with van der Waals surface area (Å²) >= 11 is 0. The lowest BCUT2D eigenvalue weighted by Gasteiger charge is -2.28. The first-order valence-electron chi connectivity index (χ1n) is 14.1. The first-order chi connectivity index (χ1) is 22.0. The van der Waals surface area contributed by atoms with E-state index in [-0.39, 0.29) is 13.6 Å². The predicted octanol–water partition coefficient (Wildman–Crippen LogP) is 6.09. The van der Waals surface area contributed by atoms with Crippen molar-refractivity contribution in [3.8, 4) is 57.5 Å². The molecule has 0 saturated heterocycles. The molecule has 2 aliphatic heterocycles. The third-order valence-corrected chi connectivity index (χ3v) is 7.65. The predicted molar refractivity (Wildman–Crippen MR) is 162 cm³/mol. The summed E-state index contributed by atoms with van der Waals surface area (Å²) < 4.78 is 63.9. The van der Waals surface area contributed by atoms with E-state index in [1.807, 2.05) is 60.7 Å². The SMILES string of the molecule is COc1cc(C(OC(c2ccc3c(c2)OCO3)c2cc(OC)c(OC)c(OC)c2)c2ccc3c(c2)OCO3)cc(OC)c1OC. The van der Waals surface area contributed by atoms with Crippen molar-refractivity contribution in [2.45, 2.75) is 12.2 Å². The molecular weight excluding hydrogens is 584 g/mol. The minimum absolute atomic E-state index is 0.139. The van der Waals surface area contributed by atoms with Gasteiger partial charge in [0.05, 0.1) is 42.7 Å². The van der Waals surface area contributed by atoms with Crippen molar-refractivity contribution in [3.05, 3.63) is 82.9 Å². The molecule has 0 aliphatic carbocycles. The van der Waals surface area contributed by atoms with Crippen LogP contribution in [-0.4, -0.2) is 56.2 Å². The fraction of sp³-hybridized carbons (Fsp3) is 0.294. The van der Waals surface area contributed by atoms with Crippen molar-refractivity contribution in [1.29, 1.82) is 0 Å². The van der Waals surface area contributed by atoms with Crippen molar-refractivity contribution >= 4 is 0 Å². The number of hydrogen-bond acceptors (Lipinski definition) is 11. The van der Waals surface area contributed by atoms with E-state index in [2.05, 4.69) is 0 Å². The number of rotatable bonds is 12. The maximum absolute atomic E-state index is 7.16. The van der Waals surface area contributed by atoms with Gasteiger partial charge in [-0.1, -0.05) is 12.1 Å². The fourth-order valence-electron chi connectivity index (χ4n) is 5.49. The molecule has 0 aromatic heterocycles. The van der Waals surface area contributed by atoms with Crippen molar-refractivity contribution in [2.75, 3.05) is 56.2 Å². The number of hydrogen-bond donors (Lipinski definition) is 0. The lowest BCUT2D eigenvalue weighted by atomic mass is 9.96. The van der Waals surface area contributed by atoms with Gasteiger partial charge in [0.15, 0.2) is 46.0 Å². The van der Waals surface area contributed by atoms with Crippen molar-refractivity contribution < 1.29 is 52.1 Å². The van der Waals surface area contributed by atoms with Crippen LogP contribution in [0.4, 0.5) is 0 Å². The van der Waals surface area contributed by atoms with E-state index in [1.54, 1.807) is 42.7 Å². The largest absolute Gasteiger partial charge is 0.493 e. The minimum atomic E-state index is -0.678. The average Bonchev–Trinajstić information content (AvgIpc) is 3.76. The van der Waals surface area contributed by atoms with Gasteiger partial charge in [0.25, 0.3) is 0 Å². The first kappa shape index (κ1) is 29.9. The normalized spacial score (nSPS) is 14.0. The van der Waals surface area contributed by atoms with E-state index < -0.39 is 12.2 Å². The molecule has 2 atom stereocenters. The number of fused-ring (bicyclic) bond motifs is 2. The summed E-state index contributed by atoms with van der Waals surface area (Å²) in [6.07, 6.45) is -1.36. The highest BCUT2D eigenvalue weighted by molar-refractivity contribution is 5.58. The molecule has 2 aliphatic rings. The van der Waals surface area contributed by atoms with E-state index in [0.717, 1.165) is 22.3 Å². The third kappa shape index (κ3) is 5.62. The Balaban J connectivity index is 1.55. The summed E-state index contributed by atoms with van der Waals surface area (Å²) in [7, 11) is 9.41. The lowest BCUT2D eigenvalue weighted by Crippen LogP contribution is -2.14. The van der Waals surface area contributed by atoms with Crippen LogP contribution >= 0.6 is 0 Å². The second-order valence-electron chi connectivity index (χ2n) is 10.0. The van der Waals surface area contributed by atoms with Gasteiger partial charge >= 0.3 is 0 Å². The Labute approximate surface area is 260 Å². The van der Waals surface area contributed by atoms with E-state index in [1.165, 1.54) is 0 Å². The molecule has 0 N–H and O–H groups in total. The summed E-state index contributed by atoms with van der Waals surface area (Å²) in [4.78, 5) is 0. The molecule has 45 heavy (non-hydrogen) atoms. The van der Waals surface area contributed by atoms with Crippen LogP contribution in [0, 0.1) is 0 Å². The highest BCUT2D eigenvalue weighted by Crippen LogP contribution is 2.48. The molecule has 0 radical (unpaired) electrons. The van der Waals surface area contributed by atoms with Gasteiger partial charge in [-0.05, 0) is 70.8 Å². The van der Waals surface area contributed by atoms with Crippen LogP contribution < -0.4 is 47.4 Å². The summed E-state index contributed by atoms with van der Waals surface area (Å²) in [5.41, 5.74) is 3.07. The Morgan fingerprint density at radius 1 is 0.422 bits per heavy atom. The van der Waals surface area contributed by atoms with Gasteiger partial charge < -0.3 is 52.1 Å². The first-order valence-corrected chi connectivity index (χ1v) is 14.1. The van der Waals surface area contributed by atoms with E-state index in [4.69, 9.17) is 52.1 Å². The summed E-state index contributed by atoms with van der Waals surface area (Å²) in [6.45, 7) is 0.277. The molecule has 0 fully saturated rings. The van der Waals surface area contributed by atoms with E-state index in [9.17, 15) is 0 Å². The average molecular weight is 619 g/mol. The molecule has 11 heteroatoms. The molecule has 236 valence electrons. The van der Waals surface area contributed by atoms with Gasteiger partial charge in [0.1, 0.15) is 12.2 Å². The standard InChI is InChI=1S/C34H34O11/c1-35-27-13-21(14-28(36-2)33(27)39-5)31(19-7-9-23-25(11-19)43-17-41-23)45-32(20-8-10-24-26(12-20)44-18-42-24)22-15-29(37-3)34(40-6)30(16-22)38-4/h7-16,31-32H,17-18H2,1-6H3. The van der Waals surface area contributed by atoms with Gasteiger partial charge in [-0.2, -0.15) is 0 Å². The molecule has 0 spiro atoms. The Kier molecular flexibility index (Phi) is 8.52. The van der Waals surface area contributed by atoms with Gasteiger partial charge in [-0.25, -0.2) is 0 Å². The fourth-order valence-corrected chi connectivity index (χ4v) is 5.49. The highest BCUT2D eigenvalue weighted by atomic mass is 16.7. The quantitative estimate of drug-likeness (QED) is 0.184. The second-order valence-corrected chi connectivity index (χ2v) is 10.0. The minimum Gasteiger partial charge on any atom is -0.493 e. The van der Waals surface area contributed by atoms with Gasteiger partial charge in [-0.3, -0.25) is 0 Å². The zero-order valence-electron chi connectivity index (χ0n) is 25.8. The molecule has 11 nitrogen and oxygen atoms in total. The molecule has 2 heterocycles. The molecule has 4 aromatic carbocycles. The van der Waals surface area contributed by atoms with Crippen molar-refractivity contribution in [1.82, 2.24) is 0 Å². The zero-order valence-corrected chi connectivity index (χ0v) is 25.8. The van der Waals surface area contributed by atoms with Crippen molar-refractivity contribution in [3.63, 3.8) is 0 Å². The molecule has 0 bridgehead atoms. The van der Waals surface area contributed by atoms with Crippen molar-refractivity contribution in [2.24, 2.45) is 0 Å². The Morgan fingerprint density at radius 3 is 1.11 bits per heavy atom. The van der Waals surface area contributed by atoms with Gasteiger partial charge in [0, 0.05) is 0 Å². The van der Waals surface area contributed by atoms with Crippen LogP contribution in [0.2, 0.25) is 0 Å². The van der Waals surface area contributed by atoms with Gasteiger partial charge in [-0.15, -0.1) is 0 Å². The highest BCUT2D eigenvalue weighted by Gasteiger charge is 2.30. The molecule has 6 rings (SSSR count). The van der Waals surface area contributed by atoms with E-state index in [0.29, 0.717) is 57.5 Å². The number of methoxy groups -OCH3 is 6. The van der Waals surface area contributed by atoms with E-state index >= 15 is 0 Å². The number of ether oxygens (including phenoxy) is 11. The molecule has 0 saturated carbocycles. The lowest BCUT2D eigenvalue weighted by molar-refractivity contribution is 0.0301. The summed E-state index contributed by atoms with van der Waals surface area (Å²) in [6, 6.07) is 18.9. The maximum atomic E-state index is 7.16. The smallest absolute Gasteiger partial charge is 0.231 e. The topological polar surface area (TPSA) is 102 Å². The molecule has 2 unspecified atom stereocenters. The Hall–Kier alpha value is -5.16. The Bertz CT molecular complexity index is 1510.